The normalized spacial score (nSPS) is 12.4. The quantitative estimate of drug-likeness (QED) is 0.785. The second-order valence-corrected chi connectivity index (χ2v) is 3.59. The molecule has 0 fully saturated rings. The number of ether oxygens (including phenoxy) is 1. The summed E-state index contributed by atoms with van der Waals surface area (Å²) in [5.41, 5.74) is 0.894. The highest BCUT2D eigenvalue weighted by Crippen LogP contribution is 2.17. The van der Waals surface area contributed by atoms with E-state index < -0.39 is 0 Å². The standard InChI is InChI=1S/C11H14N4O/c1-3-9(2)16-11-6-4-5-10(7-11)15-8-12-13-14-15/h4-9H,3H2,1-2H3. The van der Waals surface area contributed by atoms with E-state index in [9.17, 15) is 0 Å². The molecule has 1 heterocycles. The minimum Gasteiger partial charge on any atom is -0.491 e. The van der Waals surface area contributed by atoms with E-state index in [-0.39, 0.29) is 6.10 Å². The van der Waals surface area contributed by atoms with Crippen LogP contribution in [0, 0.1) is 0 Å². The third-order valence-electron chi connectivity index (χ3n) is 2.34. The van der Waals surface area contributed by atoms with Crippen LogP contribution in [-0.4, -0.2) is 26.3 Å². The van der Waals surface area contributed by atoms with Crippen molar-refractivity contribution in [1.29, 1.82) is 0 Å². The smallest absolute Gasteiger partial charge is 0.143 e. The number of rotatable bonds is 4. The largest absolute Gasteiger partial charge is 0.491 e. The van der Waals surface area contributed by atoms with Gasteiger partial charge in [0.05, 0.1) is 11.8 Å². The van der Waals surface area contributed by atoms with Crippen LogP contribution in [-0.2, 0) is 0 Å². The highest BCUT2D eigenvalue weighted by Gasteiger charge is 2.03. The van der Waals surface area contributed by atoms with Crippen molar-refractivity contribution in [3.05, 3.63) is 30.6 Å². The first kappa shape index (κ1) is 10.6. The lowest BCUT2D eigenvalue weighted by Crippen LogP contribution is -2.09. The van der Waals surface area contributed by atoms with E-state index in [1.807, 2.05) is 31.2 Å². The maximum atomic E-state index is 5.72. The molecular formula is C11H14N4O. The Morgan fingerprint density at radius 3 is 3.00 bits per heavy atom. The molecular weight excluding hydrogens is 204 g/mol. The van der Waals surface area contributed by atoms with Gasteiger partial charge in [-0.05, 0) is 35.9 Å². The summed E-state index contributed by atoms with van der Waals surface area (Å²) in [7, 11) is 0. The Balaban J connectivity index is 2.20. The van der Waals surface area contributed by atoms with Crippen molar-refractivity contribution >= 4 is 0 Å². The number of tetrazole rings is 1. The number of hydrogen-bond acceptors (Lipinski definition) is 4. The van der Waals surface area contributed by atoms with E-state index >= 15 is 0 Å². The summed E-state index contributed by atoms with van der Waals surface area (Å²) in [4.78, 5) is 0. The summed E-state index contributed by atoms with van der Waals surface area (Å²) in [5, 5.41) is 11.0. The van der Waals surface area contributed by atoms with E-state index in [1.165, 1.54) is 0 Å². The maximum Gasteiger partial charge on any atom is 0.143 e. The van der Waals surface area contributed by atoms with Crippen LogP contribution in [0.15, 0.2) is 30.6 Å². The van der Waals surface area contributed by atoms with Crippen LogP contribution in [0.2, 0.25) is 0 Å². The molecule has 5 nitrogen and oxygen atoms in total. The van der Waals surface area contributed by atoms with Gasteiger partial charge in [0.15, 0.2) is 0 Å². The molecule has 0 saturated carbocycles. The van der Waals surface area contributed by atoms with E-state index in [1.54, 1.807) is 11.0 Å². The topological polar surface area (TPSA) is 52.8 Å². The van der Waals surface area contributed by atoms with Gasteiger partial charge in [-0.3, -0.25) is 0 Å². The van der Waals surface area contributed by atoms with Crippen LogP contribution in [0.25, 0.3) is 5.69 Å². The Bertz CT molecular complexity index is 441. The Kier molecular flexibility index (Phi) is 3.14. The monoisotopic (exact) mass is 218 g/mol. The second kappa shape index (κ2) is 4.74. The van der Waals surface area contributed by atoms with Gasteiger partial charge in [0.2, 0.25) is 0 Å². The van der Waals surface area contributed by atoms with Gasteiger partial charge in [-0.25, -0.2) is 4.68 Å². The van der Waals surface area contributed by atoms with E-state index in [0.29, 0.717) is 0 Å². The summed E-state index contributed by atoms with van der Waals surface area (Å²) in [6.45, 7) is 4.14. The first-order valence-electron chi connectivity index (χ1n) is 5.29. The third kappa shape index (κ3) is 2.36. The van der Waals surface area contributed by atoms with Crippen molar-refractivity contribution in [3.8, 4) is 11.4 Å². The lowest BCUT2D eigenvalue weighted by atomic mass is 10.3. The van der Waals surface area contributed by atoms with Crippen LogP contribution >= 0.6 is 0 Å². The molecule has 0 aliphatic heterocycles. The van der Waals surface area contributed by atoms with Gasteiger partial charge in [-0.2, -0.15) is 0 Å². The van der Waals surface area contributed by atoms with E-state index in [0.717, 1.165) is 17.9 Å². The molecule has 0 aliphatic carbocycles. The minimum absolute atomic E-state index is 0.212. The molecule has 0 bridgehead atoms. The van der Waals surface area contributed by atoms with Crippen molar-refractivity contribution < 1.29 is 4.74 Å². The lowest BCUT2D eigenvalue weighted by Gasteiger charge is -2.12. The van der Waals surface area contributed by atoms with Crippen molar-refractivity contribution in [3.63, 3.8) is 0 Å². The molecule has 2 aromatic rings. The molecule has 2 rings (SSSR count). The first-order chi connectivity index (χ1) is 7.79. The predicted molar refractivity (Wildman–Crippen MR) is 59.5 cm³/mol. The molecule has 0 saturated heterocycles. The molecule has 84 valence electrons. The highest BCUT2D eigenvalue weighted by molar-refractivity contribution is 5.38. The number of benzene rings is 1. The Hall–Kier alpha value is -1.91. The van der Waals surface area contributed by atoms with Crippen LogP contribution in [0.3, 0.4) is 0 Å². The molecule has 1 aromatic heterocycles. The second-order valence-electron chi connectivity index (χ2n) is 3.59. The third-order valence-corrected chi connectivity index (χ3v) is 2.34. The molecule has 1 unspecified atom stereocenters. The first-order valence-corrected chi connectivity index (χ1v) is 5.29. The molecule has 0 amide bonds. The zero-order chi connectivity index (χ0) is 11.4. The average Bonchev–Trinajstić information content (AvgIpc) is 2.83. The van der Waals surface area contributed by atoms with Crippen molar-refractivity contribution in [2.75, 3.05) is 0 Å². The number of nitrogens with zero attached hydrogens (tertiary/aromatic N) is 4. The maximum absolute atomic E-state index is 5.72. The van der Waals surface area contributed by atoms with Gasteiger partial charge in [-0.15, -0.1) is 5.10 Å². The molecule has 0 aliphatic rings. The van der Waals surface area contributed by atoms with Crippen molar-refractivity contribution in [2.24, 2.45) is 0 Å². The summed E-state index contributed by atoms with van der Waals surface area (Å²) >= 11 is 0. The fourth-order valence-electron chi connectivity index (χ4n) is 1.29. The van der Waals surface area contributed by atoms with Gasteiger partial charge in [0.25, 0.3) is 0 Å². The van der Waals surface area contributed by atoms with Gasteiger partial charge in [-0.1, -0.05) is 13.0 Å². The van der Waals surface area contributed by atoms with Crippen LogP contribution in [0.5, 0.6) is 5.75 Å². The molecule has 1 atom stereocenters. The zero-order valence-electron chi connectivity index (χ0n) is 9.37. The summed E-state index contributed by atoms with van der Waals surface area (Å²) < 4.78 is 7.32. The molecule has 0 spiro atoms. The molecule has 0 N–H and O–H groups in total. The Morgan fingerprint density at radius 2 is 2.31 bits per heavy atom. The minimum atomic E-state index is 0.212. The Labute approximate surface area is 94.0 Å². The summed E-state index contributed by atoms with van der Waals surface area (Å²) in [5.74, 6) is 0.836. The van der Waals surface area contributed by atoms with Crippen LogP contribution < -0.4 is 4.74 Å². The Morgan fingerprint density at radius 1 is 1.44 bits per heavy atom. The van der Waals surface area contributed by atoms with Gasteiger partial charge >= 0.3 is 0 Å². The van der Waals surface area contributed by atoms with Gasteiger partial charge < -0.3 is 4.74 Å². The van der Waals surface area contributed by atoms with Crippen molar-refractivity contribution in [1.82, 2.24) is 20.2 Å². The molecule has 5 heteroatoms. The zero-order valence-corrected chi connectivity index (χ0v) is 9.37. The molecule has 1 aromatic carbocycles. The van der Waals surface area contributed by atoms with E-state index in [2.05, 4.69) is 22.4 Å². The summed E-state index contributed by atoms with van der Waals surface area (Å²) in [6.07, 6.45) is 2.75. The highest BCUT2D eigenvalue weighted by atomic mass is 16.5. The van der Waals surface area contributed by atoms with E-state index in [4.69, 9.17) is 4.74 Å². The molecule has 0 radical (unpaired) electrons. The average molecular weight is 218 g/mol. The van der Waals surface area contributed by atoms with Crippen LogP contribution in [0.1, 0.15) is 20.3 Å². The summed E-state index contributed by atoms with van der Waals surface area (Å²) in [6, 6.07) is 7.71. The fraction of sp³-hybridized carbons (Fsp3) is 0.364. The molecule has 16 heavy (non-hydrogen) atoms. The SMILES string of the molecule is CCC(C)Oc1cccc(-n2cnnn2)c1. The van der Waals surface area contributed by atoms with Gasteiger partial charge in [0.1, 0.15) is 12.1 Å². The number of aromatic nitrogens is 4. The lowest BCUT2D eigenvalue weighted by molar-refractivity contribution is 0.217. The van der Waals surface area contributed by atoms with Gasteiger partial charge in [0, 0.05) is 6.07 Å². The predicted octanol–water partition coefficient (Wildman–Crippen LogP) is 1.84. The van der Waals surface area contributed by atoms with Crippen LogP contribution in [0.4, 0.5) is 0 Å². The number of hydrogen-bond donors (Lipinski definition) is 0. The fourth-order valence-corrected chi connectivity index (χ4v) is 1.29. The van der Waals surface area contributed by atoms with Crippen molar-refractivity contribution in [2.45, 2.75) is 26.4 Å².